The first-order chi connectivity index (χ1) is 24.8. The maximum Gasteiger partial charge on any atom is 0.326 e. The summed E-state index contributed by atoms with van der Waals surface area (Å²) in [4.78, 5) is 94.5. The number of guanidine groups is 1. The summed E-state index contributed by atoms with van der Waals surface area (Å²) in [6, 6.07) is 3.94. The Bertz CT molecular complexity index is 1420. The number of nitrogens with one attached hydrogen (secondary N) is 3. The van der Waals surface area contributed by atoms with E-state index in [1.54, 1.807) is 30.3 Å². The van der Waals surface area contributed by atoms with E-state index in [0.717, 1.165) is 5.56 Å². The van der Waals surface area contributed by atoms with Gasteiger partial charge < -0.3 is 49.1 Å². The molecule has 13 N–H and O–H groups in total. The zero-order valence-electron chi connectivity index (χ0n) is 31.1. The fraction of sp³-hybridized carbons (Fsp3) is 0.611. The Hall–Kier alpha value is -4.90. The molecule has 0 aliphatic rings. The van der Waals surface area contributed by atoms with Crippen molar-refractivity contribution >= 4 is 47.1 Å². The van der Waals surface area contributed by atoms with E-state index in [-0.39, 0.29) is 62.9 Å². The molecule has 1 rings (SSSR count). The van der Waals surface area contributed by atoms with Crippen LogP contribution >= 0.6 is 0 Å². The van der Waals surface area contributed by atoms with Crippen LogP contribution in [0.5, 0.6) is 0 Å². The fourth-order valence-electron chi connectivity index (χ4n) is 5.67. The van der Waals surface area contributed by atoms with Gasteiger partial charge in [-0.05, 0) is 49.5 Å². The molecule has 1 aromatic rings. The van der Waals surface area contributed by atoms with Gasteiger partial charge in [-0.2, -0.15) is 0 Å². The Morgan fingerprint density at radius 1 is 0.717 bits per heavy atom. The summed E-state index contributed by atoms with van der Waals surface area (Å²) in [6.45, 7) is 6.93. The molecule has 17 nitrogen and oxygen atoms in total. The highest BCUT2D eigenvalue weighted by atomic mass is 16.4. The second-order valence-corrected chi connectivity index (χ2v) is 14.1. The third-order valence-corrected chi connectivity index (χ3v) is 8.35. The smallest absolute Gasteiger partial charge is 0.326 e. The minimum absolute atomic E-state index is 0.0383. The van der Waals surface area contributed by atoms with Crippen LogP contribution in [0.3, 0.4) is 0 Å². The molecule has 17 heteroatoms. The second-order valence-electron chi connectivity index (χ2n) is 14.1. The number of carboxylic acid groups (broad SMARTS) is 1. The number of hydrogen-bond acceptors (Lipinski definition) is 10. The predicted molar refractivity (Wildman–Crippen MR) is 197 cm³/mol. The van der Waals surface area contributed by atoms with Crippen molar-refractivity contribution < 1.29 is 43.8 Å². The first kappa shape index (κ1) is 46.1. The van der Waals surface area contributed by atoms with Crippen molar-refractivity contribution in [3.8, 4) is 0 Å². The van der Waals surface area contributed by atoms with Crippen molar-refractivity contribution in [2.75, 3.05) is 13.2 Å². The van der Waals surface area contributed by atoms with Gasteiger partial charge in [-0.15, -0.1) is 0 Å². The highest BCUT2D eigenvalue weighted by molar-refractivity contribution is 5.96. The van der Waals surface area contributed by atoms with Gasteiger partial charge in [0.2, 0.25) is 23.6 Å². The molecule has 0 aliphatic carbocycles. The number of rotatable bonds is 26. The van der Waals surface area contributed by atoms with Crippen LogP contribution in [-0.2, 0) is 40.0 Å². The molecule has 0 saturated heterocycles. The first-order valence-electron chi connectivity index (χ1n) is 17.8. The summed E-state index contributed by atoms with van der Waals surface area (Å²) in [6.07, 6.45) is -0.429. The minimum Gasteiger partial charge on any atom is -0.480 e. The quantitative estimate of drug-likeness (QED) is 0.0322. The van der Waals surface area contributed by atoms with Crippen LogP contribution in [0.2, 0.25) is 0 Å². The lowest BCUT2D eigenvalue weighted by Gasteiger charge is -2.27. The number of Topliss-reactive ketones (excluding diaryl/α,β-unsaturated/α-hetero) is 2. The molecule has 53 heavy (non-hydrogen) atoms. The Morgan fingerprint density at radius 2 is 1.25 bits per heavy atom. The van der Waals surface area contributed by atoms with Gasteiger partial charge >= 0.3 is 5.97 Å². The molecule has 0 radical (unpaired) electrons. The predicted octanol–water partition coefficient (Wildman–Crippen LogP) is -0.740. The van der Waals surface area contributed by atoms with Crippen LogP contribution in [0.1, 0.15) is 78.2 Å². The zero-order valence-corrected chi connectivity index (χ0v) is 31.1. The molecule has 0 aliphatic heterocycles. The average molecular weight is 747 g/mol. The van der Waals surface area contributed by atoms with E-state index < -0.39 is 96.6 Å². The van der Waals surface area contributed by atoms with Crippen molar-refractivity contribution in [1.82, 2.24) is 16.0 Å². The number of carboxylic acids is 1. The Kier molecular flexibility index (Phi) is 20.6. The van der Waals surface area contributed by atoms with Crippen LogP contribution < -0.4 is 38.9 Å². The second kappa shape index (κ2) is 23.6. The monoisotopic (exact) mass is 746 g/mol. The van der Waals surface area contributed by atoms with Crippen molar-refractivity contribution in [3.05, 3.63) is 35.9 Å². The summed E-state index contributed by atoms with van der Waals surface area (Å²) < 4.78 is 0. The minimum atomic E-state index is -1.62. The number of aliphatic imine (C=N–C) groups is 1. The van der Waals surface area contributed by atoms with E-state index in [4.69, 9.17) is 22.9 Å². The van der Waals surface area contributed by atoms with Crippen molar-refractivity contribution in [1.29, 1.82) is 0 Å². The number of benzene rings is 1. The van der Waals surface area contributed by atoms with E-state index >= 15 is 0 Å². The van der Waals surface area contributed by atoms with E-state index in [1.165, 1.54) is 0 Å². The number of carbonyl (C=O) groups excluding carboxylic acids is 6. The highest BCUT2D eigenvalue weighted by Crippen LogP contribution is 2.21. The normalized spacial score (nSPS) is 14.6. The van der Waals surface area contributed by atoms with Crippen molar-refractivity contribution in [3.63, 3.8) is 0 Å². The Morgan fingerprint density at radius 3 is 1.77 bits per heavy atom. The van der Waals surface area contributed by atoms with Crippen LogP contribution in [0.15, 0.2) is 35.3 Å². The lowest BCUT2D eigenvalue weighted by Crippen LogP contribution is -2.51. The van der Waals surface area contributed by atoms with Gasteiger partial charge in [0.25, 0.3) is 0 Å². The summed E-state index contributed by atoms with van der Waals surface area (Å²) in [5.74, 6) is -7.74. The van der Waals surface area contributed by atoms with Gasteiger partial charge in [-0.25, -0.2) is 4.79 Å². The highest BCUT2D eigenvalue weighted by Gasteiger charge is 2.34. The third-order valence-electron chi connectivity index (χ3n) is 8.35. The molecule has 1 aromatic carbocycles. The molecule has 4 amide bonds. The lowest BCUT2D eigenvalue weighted by molar-refractivity contribution is -0.144. The van der Waals surface area contributed by atoms with Crippen molar-refractivity contribution in [2.45, 2.75) is 103 Å². The number of primary amides is 1. The summed E-state index contributed by atoms with van der Waals surface area (Å²) >= 11 is 0. The van der Waals surface area contributed by atoms with Gasteiger partial charge in [-0.1, -0.05) is 58.0 Å². The largest absolute Gasteiger partial charge is 0.480 e. The molecule has 0 fully saturated rings. The number of ketones is 2. The van der Waals surface area contributed by atoms with E-state index in [2.05, 4.69) is 20.9 Å². The summed E-state index contributed by atoms with van der Waals surface area (Å²) in [5.41, 5.74) is 22.4. The summed E-state index contributed by atoms with van der Waals surface area (Å²) in [7, 11) is 0. The molecule has 0 spiro atoms. The third kappa shape index (κ3) is 18.4. The number of amides is 4. The standard InChI is InChI=1S/C36H58N8O9/c1-20(2)13-24(17-30(47)27(43-34(51)25(37)19-45)15-22-9-6-5-7-10-22)33(50)42-26(14-21(3)4)29(46)16-23(11-8-12-41-36(39)40)32(49)44-28(35(52)53)18-31(38)48/h5-7,9-10,20-21,23-28,45H,8,11-19,37H2,1-4H3,(H2,38,48)(H,42,50)(H,43,51)(H,44,49)(H,52,53)(H4,39,40,41)/t23-,24-,25+,26+,27+,28+/m1/s1. The molecule has 0 aromatic heterocycles. The van der Waals surface area contributed by atoms with E-state index in [1.807, 2.05) is 27.7 Å². The number of aliphatic hydroxyl groups excluding tert-OH is 1. The number of nitrogens with zero attached hydrogens (tertiary/aromatic N) is 1. The lowest BCUT2D eigenvalue weighted by atomic mass is 9.87. The van der Waals surface area contributed by atoms with Gasteiger partial charge in [0, 0.05) is 31.2 Å². The van der Waals surface area contributed by atoms with Crippen molar-refractivity contribution in [2.24, 2.45) is 51.6 Å². The molecule has 0 saturated carbocycles. The average Bonchev–Trinajstić information content (AvgIpc) is 3.07. The molecule has 0 bridgehead atoms. The fourth-order valence-corrected chi connectivity index (χ4v) is 5.67. The first-order valence-corrected chi connectivity index (χ1v) is 17.8. The molecule has 0 unspecified atom stereocenters. The zero-order chi connectivity index (χ0) is 40.2. The maximum atomic E-state index is 13.9. The number of carbonyl (C=O) groups is 7. The molecular weight excluding hydrogens is 688 g/mol. The summed E-state index contributed by atoms with van der Waals surface area (Å²) in [5, 5.41) is 26.6. The van der Waals surface area contributed by atoms with Gasteiger partial charge in [0.15, 0.2) is 17.5 Å². The Balaban J connectivity index is 3.33. The van der Waals surface area contributed by atoms with Gasteiger partial charge in [0.05, 0.1) is 25.1 Å². The van der Waals surface area contributed by atoms with Crippen LogP contribution in [-0.4, -0.2) is 94.7 Å². The van der Waals surface area contributed by atoms with E-state index in [0.29, 0.717) is 0 Å². The molecule has 6 atom stereocenters. The topological polar surface area (TPSA) is 312 Å². The van der Waals surface area contributed by atoms with Gasteiger partial charge in [-0.3, -0.25) is 33.8 Å². The van der Waals surface area contributed by atoms with Crippen LogP contribution in [0.4, 0.5) is 0 Å². The van der Waals surface area contributed by atoms with E-state index in [9.17, 15) is 43.8 Å². The van der Waals surface area contributed by atoms with Crippen LogP contribution in [0, 0.1) is 23.7 Å². The molecular formula is C36H58N8O9. The van der Waals surface area contributed by atoms with Crippen LogP contribution in [0.25, 0.3) is 0 Å². The van der Waals surface area contributed by atoms with Gasteiger partial charge in [0.1, 0.15) is 12.1 Å². The number of hydrogen-bond donors (Lipinski definition) is 9. The maximum absolute atomic E-state index is 13.9. The molecule has 0 heterocycles. The number of aliphatic carboxylic acids is 1. The Labute approximate surface area is 310 Å². The molecule has 296 valence electrons. The SMILES string of the molecule is CC(C)C[C@H](CC(=O)[C@H](Cc1ccccc1)NC(=O)[C@@H](N)CO)C(=O)N[C@@H](CC(C)C)C(=O)C[C@@H](CCCN=C(N)N)C(=O)N[C@@H](CC(N)=O)C(=O)O. The number of aliphatic hydroxyl groups is 1. The number of nitrogens with two attached hydrogens (primary N) is 4.